The van der Waals surface area contributed by atoms with Crippen molar-refractivity contribution in [2.45, 2.75) is 17.5 Å². The fraction of sp³-hybridized carbons (Fsp3) is 0.235. The lowest BCUT2D eigenvalue weighted by atomic mass is 10.1. The molecule has 0 atom stereocenters. The summed E-state index contributed by atoms with van der Waals surface area (Å²) in [4.78, 5) is 11.1. The third-order valence-corrected chi connectivity index (χ3v) is 4.94. The van der Waals surface area contributed by atoms with Crippen molar-refractivity contribution in [3.63, 3.8) is 0 Å². The maximum absolute atomic E-state index is 12.8. The second-order valence-corrected chi connectivity index (χ2v) is 7.34. The van der Waals surface area contributed by atoms with Crippen LogP contribution in [0.1, 0.15) is 11.1 Å². The number of benzene rings is 2. The Bertz CT molecular complexity index is 897. The quantitative estimate of drug-likeness (QED) is 0.697. The Hall–Kier alpha value is -2.46. The van der Waals surface area contributed by atoms with Crippen molar-refractivity contribution in [3.8, 4) is 0 Å². The van der Waals surface area contributed by atoms with Gasteiger partial charge in [0.2, 0.25) is 15.9 Å². The van der Waals surface area contributed by atoms with Crippen molar-refractivity contribution in [2.75, 3.05) is 13.1 Å². The molecule has 5 nitrogen and oxygen atoms in total. The van der Waals surface area contributed by atoms with Crippen LogP contribution in [-0.4, -0.2) is 27.4 Å². The van der Waals surface area contributed by atoms with Gasteiger partial charge in [-0.25, -0.2) is 17.5 Å². The smallest absolute Gasteiger partial charge is 0.355 e. The number of amides is 1. The molecule has 2 rings (SSSR count). The summed E-state index contributed by atoms with van der Waals surface area (Å²) in [6.45, 7) is -0.433. The Morgan fingerprint density at radius 3 is 2.33 bits per heavy atom. The highest BCUT2D eigenvalue weighted by molar-refractivity contribution is 7.89. The topological polar surface area (TPSA) is 75.3 Å². The fourth-order valence-electron chi connectivity index (χ4n) is 2.14. The molecule has 0 saturated heterocycles. The molecular formula is C17H16F4N2O3S. The van der Waals surface area contributed by atoms with Gasteiger partial charge in [0.25, 0.3) is 0 Å². The summed E-state index contributed by atoms with van der Waals surface area (Å²) < 4.78 is 76.8. The molecule has 0 bridgehead atoms. The monoisotopic (exact) mass is 404 g/mol. The zero-order chi connectivity index (χ0) is 20.1. The van der Waals surface area contributed by atoms with E-state index in [4.69, 9.17) is 0 Å². The number of carbonyl (C=O) groups is 1. The lowest BCUT2D eigenvalue weighted by molar-refractivity contribution is -0.137. The van der Waals surface area contributed by atoms with E-state index in [9.17, 15) is 30.8 Å². The number of hydrogen-bond donors (Lipinski definition) is 2. The zero-order valence-electron chi connectivity index (χ0n) is 13.9. The molecule has 0 radical (unpaired) electrons. The van der Waals surface area contributed by atoms with Crippen molar-refractivity contribution in [1.29, 1.82) is 0 Å². The van der Waals surface area contributed by atoms with Gasteiger partial charge in [-0.2, -0.15) is 13.2 Å². The third-order valence-electron chi connectivity index (χ3n) is 3.54. The van der Waals surface area contributed by atoms with E-state index in [0.717, 1.165) is 23.8 Å². The maximum atomic E-state index is 12.8. The second kappa shape index (κ2) is 8.49. The minimum Gasteiger partial charge on any atom is -0.355 e. The van der Waals surface area contributed by atoms with Crippen LogP contribution in [0.2, 0.25) is 0 Å². The number of alkyl halides is 3. The van der Waals surface area contributed by atoms with Crippen LogP contribution in [0.5, 0.6) is 0 Å². The normalized spacial score (nSPS) is 12.0. The van der Waals surface area contributed by atoms with Crippen LogP contribution < -0.4 is 10.0 Å². The van der Waals surface area contributed by atoms with Gasteiger partial charge in [0, 0.05) is 6.54 Å². The molecule has 146 valence electrons. The number of halogens is 4. The van der Waals surface area contributed by atoms with E-state index in [1.165, 1.54) is 12.1 Å². The number of hydrogen-bond acceptors (Lipinski definition) is 3. The van der Waals surface area contributed by atoms with Gasteiger partial charge in [0.05, 0.1) is 17.0 Å². The summed E-state index contributed by atoms with van der Waals surface area (Å²) >= 11 is 0. The summed E-state index contributed by atoms with van der Waals surface area (Å²) in [5.41, 5.74) is -0.324. The van der Waals surface area contributed by atoms with Crippen LogP contribution >= 0.6 is 0 Å². The first kappa shape index (κ1) is 20.8. The summed E-state index contributed by atoms with van der Waals surface area (Å²) in [6.07, 6.45) is -4.27. The highest BCUT2D eigenvalue weighted by atomic mass is 32.2. The average molecular weight is 404 g/mol. The van der Waals surface area contributed by atoms with Gasteiger partial charge in [-0.15, -0.1) is 0 Å². The lowest BCUT2D eigenvalue weighted by Gasteiger charge is -2.10. The molecule has 27 heavy (non-hydrogen) atoms. The number of sulfonamides is 1. The molecular weight excluding hydrogens is 388 g/mol. The molecule has 0 fully saturated rings. The largest absolute Gasteiger partial charge is 0.416 e. The zero-order valence-corrected chi connectivity index (χ0v) is 14.7. The van der Waals surface area contributed by atoms with Crippen molar-refractivity contribution < 1.29 is 30.8 Å². The van der Waals surface area contributed by atoms with E-state index >= 15 is 0 Å². The first-order chi connectivity index (χ1) is 12.6. The minimum atomic E-state index is -4.68. The Balaban J connectivity index is 1.87. The molecule has 1 amide bonds. The molecule has 0 aliphatic heterocycles. The average Bonchev–Trinajstić information content (AvgIpc) is 2.61. The van der Waals surface area contributed by atoms with E-state index in [-0.39, 0.29) is 12.4 Å². The molecule has 2 aromatic rings. The van der Waals surface area contributed by atoms with Crippen LogP contribution in [-0.2, 0) is 27.4 Å². The standard InChI is InChI=1S/C17H16F4N2O3S/c18-14-6-4-12(5-7-14)8-9-22-16(24)11-23-27(25,26)15-3-1-2-13(10-15)17(19,20)21/h1-7,10,23H,8-9,11H2,(H,22,24). The number of nitrogens with one attached hydrogen (secondary N) is 2. The Labute approximate surface area is 153 Å². The van der Waals surface area contributed by atoms with E-state index in [2.05, 4.69) is 5.32 Å². The highest BCUT2D eigenvalue weighted by Gasteiger charge is 2.31. The van der Waals surface area contributed by atoms with E-state index < -0.39 is 39.1 Å². The van der Waals surface area contributed by atoms with Crippen molar-refractivity contribution in [2.24, 2.45) is 0 Å². The van der Waals surface area contributed by atoms with Gasteiger partial charge in [-0.05, 0) is 42.3 Å². The van der Waals surface area contributed by atoms with Crippen LogP contribution in [0.4, 0.5) is 17.6 Å². The summed E-state index contributed by atoms with van der Waals surface area (Å²) in [5, 5.41) is 2.47. The first-order valence-electron chi connectivity index (χ1n) is 7.76. The number of carbonyl (C=O) groups excluding carboxylic acids is 1. The predicted octanol–water partition coefficient (Wildman–Crippen LogP) is 2.48. The molecule has 2 aromatic carbocycles. The van der Waals surface area contributed by atoms with Crippen molar-refractivity contribution in [1.82, 2.24) is 10.0 Å². The molecule has 0 aliphatic rings. The predicted molar refractivity (Wildman–Crippen MR) is 89.7 cm³/mol. The Morgan fingerprint density at radius 1 is 1.04 bits per heavy atom. The number of rotatable bonds is 7. The molecule has 0 aromatic heterocycles. The third kappa shape index (κ3) is 6.33. The Morgan fingerprint density at radius 2 is 1.70 bits per heavy atom. The summed E-state index contributed by atoms with van der Waals surface area (Å²) in [7, 11) is -4.27. The molecule has 10 heteroatoms. The van der Waals surface area contributed by atoms with Crippen LogP contribution in [0.15, 0.2) is 53.4 Å². The van der Waals surface area contributed by atoms with Crippen molar-refractivity contribution >= 4 is 15.9 Å². The minimum absolute atomic E-state index is 0.190. The van der Waals surface area contributed by atoms with Gasteiger partial charge < -0.3 is 5.32 Å². The molecule has 0 aliphatic carbocycles. The Kier molecular flexibility index (Phi) is 6.55. The van der Waals surface area contributed by atoms with E-state index in [1.807, 2.05) is 4.72 Å². The van der Waals surface area contributed by atoms with Crippen LogP contribution in [0, 0.1) is 5.82 Å². The van der Waals surface area contributed by atoms with Gasteiger partial charge in [0.15, 0.2) is 0 Å². The molecule has 2 N–H and O–H groups in total. The van der Waals surface area contributed by atoms with E-state index in [0.29, 0.717) is 12.5 Å². The molecule has 0 spiro atoms. The maximum Gasteiger partial charge on any atom is 0.416 e. The van der Waals surface area contributed by atoms with Gasteiger partial charge in [-0.1, -0.05) is 18.2 Å². The summed E-state index contributed by atoms with van der Waals surface area (Å²) in [5.74, 6) is -1.03. The SMILES string of the molecule is O=C(CNS(=O)(=O)c1cccc(C(F)(F)F)c1)NCCc1ccc(F)cc1. The fourth-order valence-corrected chi connectivity index (χ4v) is 3.17. The highest BCUT2D eigenvalue weighted by Crippen LogP contribution is 2.30. The molecule has 0 heterocycles. The first-order valence-corrected chi connectivity index (χ1v) is 9.24. The van der Waals surface area contributed by atoms with E-state index in [1.54, 1.807) is 12.1 Å². The van der Waals surface area contributed by atoms with Gasteiger partial charge >= 0.3 is 6.18 Å². The van der Waals surface area contributed by atoms with Crippen LogP contribution in [0.25, 0.3) is 0 Å². The van der Waals surface area contributed by atoms with Crippen LogP contribution in [0.3, 0.4) is 0 Å². The summed E-state index contributed by atoms with van der Waals surface area (Å²) in [6, 6.07) is 8.89. The van der Waals surface area contributed by atoms with Gasteiger partial charge in [0.1, 0.15) is 5.82 Å². The van der Waals surface area contributed by atoms with Gasteiger partial charge in [-0.3, -0.25) is 4.79 Å². The molecule has 0 saturated carbocycles. The molecule has 0 unspecified atom stereocenters. The second-order valence-electron chi connectivity index (χ2n) is 5.58. The lowest BCUT2D eigenvalue weighted by Crippen LogP contribution is -2.37. The van der Waals surface area contributed by atoms with Crippen molar-refractivity contribution in [3.05, 3.63) is 65.5 Å².